The molecule has 0 bridgehead atoms. The SMILES string of the molecule is CCN(CC)Cc1ccc(C(=O)N2CCN(C(=O)C(=O)NC(C)C)CC2)cc1. The molecule has 1 saturated heterocycles. The lowest BCUT2D eigenvalue weighted by atomic mass is 10.1. The zero-order valence-corrected chi connectivity index (χ0v) is 17.4. The second-order valence-corrected chi connectivity index (χ2v) is 7.37. The summed E-state index contributed by atoms with van der Waals surface area (Å²) in [6, 6.07) is 7.66. The van der Waals surface area contributed by atoms with Crippen LogP contribution in [0.3, 0.4) is 0 Å². The van der Waals surface area contributed by atoms with Gasteiger partial charge < -0.3 is 15.1 Å². The maximum atomic E-state index is 12.7. The molecular weight excluding hydrogens is 356 g/mol. The number of benzene rings is 1. The standard InChI is InChI=1S/C21H32N4O3/c1-5-23(6-2)15-17-7-9-18(10-8-17)20(27)24-11-13-25(14-12-24)21(28)19(26)22-16(3)4/h7-10,16H,5-6,11-15H2,1-4H3,(H,22,26). The number of carbonyl (C=O) groups excluding carboxylic acids is 3. The normalized spacial score (nSPS) is 14.5. The molecule has 7 nitrogen and oxygen atoms in total. The van der Waals surface area contributed by atoms with Gasteiger partial charge in [0.2, 0.25) is 0 Å². The first kappa shape index (κ1) is 21.9. The van der Waals surface area contributed by atoms with E-state index in [9.17, 15) is 14.4 Å². The lowest BCUT2D eigenvalue weighted by Crippen LogP contribution is -2.54. The maximum Gasteiger partial charge on any atom is 0.312 e. The Bertz CT molecular complexity index is 675. The van der Waals surface area contributed by atoms with E-state index < -0.39 is 11.8 Å². The zero-order valence-electron chi connectivity index (χ0n) is 17.4. The molecule has 1 fully saturated rings. The van der Waals surface area contributed by atoms with Gasteiger partial charge in [-0.05, 0) is 44.6 Å². The molecular formula is C21H32N4O3. The maximum absolute atomic E-state index is 12.7. The summed E-state index contributed by atoms with van der Waals surface area (Å²) < 4.78 is 0. The average Bonchev–Trinajstić information content (AvgIpc) is 2.71. The summed E-state index contributed by atoms with van der Waals surface area (Å²) >= 11 is 0. The number of carbonyl (C=O) groups is 3. The number of rotatable bonds is 6. The lowest BCUT2D eigenvalue weighted by Gasteiger charge is -2.34. The molecule has 28 heavy (non-hydrogen) atoms. The Balaban J connectivity index is 1.89. The molecule has 3 amide bonds. The summed E-state index contributed by atoms with van der Waals surface area (Å²) in [5.74, 6) is -1.15. The lowest BCUT2D eigenvalue weighted by molar-refractivity contribution is -0.147. The molecule has 0 aliphatic carbocycles. The summed E-state index contributed by atoms with van der Waals surface area (Å²) in [6.45, 7) is 12.4. The summed E-state index contributed by atoms with van der Waals surface area (Å²) in [6.07, 6.45) is 0. The topological polar surface area (TPSA) is 73.0 Å². The molecule has 1 N–H and O–H groups in total. The van der Waals surface area contributed by atoms with Crippen LogP contribution < -0.4 is 5.32 Å². The van der Waals surface area contributed by atoms with Crippen LogP contribution in [-0.4, -0.2) is 77.7 Å². The van der Waals surface area contributed by atoms with Gasteiger partial charge in [0.05, 0.1) is 0 Å². The van der Waals surface area contributed by atoms with Crippen LogP contribution in [0.5, 0.6) is 0 Å². The molecule has 1 aromatic carbocycles. The van der Waals surface area contributed by atoms with Crippen LogP contribution in [0.4, 0.5) is 0 Å². The highest BCUT2D eigenvalue weighted by atomic mass is 16.2. The van der Waals surface area contributed by atoms with E-state index in [2.05, 4.69) is 24.1 Å². The molecule has 0 spiro atoms. The van der Waals surface area contributed by atoms with E-state index in [-0.39, 0.29) is 11.9 Å². The summed E-state index contributed by atoms with van der Waals surface area (Å²) in [7, 11) is 0. The smallest absolute Gasteiger partial charge is 0.312 e. The van der Waals surface area contributed by atoms with Crippen molar-refractivity contribution in [3.05, 3.63) is 35.4 Å². The number of piperazine rings is 1. The third-order valence-electron chi connectivity index (χ3n) is 4.97. The Labute approximate surface area is 167 Å². The average molecular weight is 389 g/mol. The highest BCUT2D eigenvalue weighted by molar-refractivity contribution is 6.35. The summed E-state index contributed by atoms with van der Waals surface area (Å²) in [5.41, 5.74) is 1.84. The second kappa shape index (κ2) is 10.2. The Morgan fingerprint density at radius 3 is 2.00 bits per heavy atom. The third-order valence-corrected chi connectivity index (χ3v) is 4.97. The molecule has 1 aliphatic rings. The number of amides is 3. The van der Waals surface area contributed by atoms with Gasteiger partial charge in [-0.2, -0.15) is 0 Å². The van der Waals surface area contributed by atoms with Gasteiger partial charge in [0.25, 0.3) is 5.91 Å². The van der Waals surface area contributed by atoms with Crippen molar-refractivity contribution in [2.45, 2.75) is 40.3 Å². The Hall–Kier alpha value is -2.41. The molecule has 154 valence electrons. The number of hydrogen-bond donors (Lipinski definition) is 1. The van der Waals surface area contributed by atoms with E-state index in [1.54, 1.807) is 4.90 Å². The predicted molar refractivity (Wildman–Crippen MR) is 109 cm³/mol. The van der Waals surface area contributed by atoms with Gasteiger partial charge in [-0.3, -0.25) is 19.3 Å². The van der Waals surface area contributed by atoms with Crippen LogP contribution in [-0.2, 0) is 16.1 Å². The first-order valence-corrected chi connectivity index (χ1v) is 10.1. The van der Waals surface area contributed by atoms with Gasteiger partial charge in [0.1, 0.15) is 0 Å². The van der Waals surface area contributed by atoms with Gasteiger partial charge in [-0.25, -0.2) is 0 Å². The highest BCUT2D eigenvalue weighted by Crippen LogP contribution is 2.12. The minimum absolute atomic E-state index is 0.0341. The molecule has 0 radical (unpaired) electrons. The van der Waals surface area contributed by atoms with Crippen molar-refractivity contribution < 1.29 is 14.4 Å². The van der Waals surface area contributed by atoms with E-state index in [0.29, 0.717) is 31.7 Å². The molecule has 2 rings (SSSR count). The molecule has 0 saturated carbocycles. The highest BCUT2D eigenvalue weighted by Gasteiger charge is 2.28. The van der Waals surface area contributed by atoms with Crippen molar-refractivity contribution in [3.63, 3.8) is 0 Å². The zero-order chi connectivity index (χ0) is 20.7. The van der Waals surface area contributed by atoms with Crippen LogP contribution in [0.15, 0.2) is 24.3 Å². The van der Waals surface area contributed by atoms with Crippen molar-refractivity contribution in [2.24, 2.45) is 0 Å². The van der Waals surface area contributed by atoms with E-state index in [0.717, 1.165) is 19.6 Å². The molecule has 1 aromatic rings. The van der Waals surface area contributed by atoms with E-state index in [4.69, 9.17) is 0 Å². The fourth-order valence-corrected chi connectivity index (χ4v) is 3.22. The van der Waals surface area contributed by atoms with Gasteiger partial charge in [-0.15, -0.1) is 0 Å². The van der Waals surface area contributed by atoms with Crippen molar-refractivity contribution >= 4 is 17.7 Å². The molecule has 7 heteroatoms. The van der Waals surface area contributed by atoms with Gasteiger partial charge in [-0.1, -0.05) is 26.0 Å². The fourth-order valence-electron chi connectivity index (χ4n) is 3.22. The van der Waals surface area contributed by atoms with E-state index in [1.165, 1.54) is 10.5 Å². The Morgan fingerprint density at radius 2 is 1.50 bits per heavy atom. The molecule has 0 atom stereocenters. The number of nitrogens with zero attached hydrogens (tertiary/aromatic N) is 3. The third kappa shape index (κ3) is 5.79. The Morgan fingerprint density at radius 1 is 0.964 bits per heavy atom. The minimum Gasteiger partial charge on any atom is -0.346 e. The Kier molecular flexibility index (Phi) is 7.99. The molecule has 0 unspecified atom stereocenters. The van der Waals surface area contributed by atoms with Crippen molar-refractivity contribution in [3.8, 4) is 0 Å². The largest absolute Gasteiger partial charge is 0.346 e. The van der Waals surface area contributed by atoms with Crippen molar-refractivity contribution in [2.75, 3.05) is 39.3 Å². The number of nitrogens with one attached hydrogen (secondary N) is 1. The monoisotopic (exact) mass is 388 g/mol. The minimum atomic E-state index is -0.585. The van der Waals surface area contributed by atoms with Gasteiger partial charge >= 0.3 is 11.8 Å². The predicted octanol–water partition coefficient (Wildman–Crippen LogP) is 1.34. The van der Waals surface area contributed by atoms with Crippen LogP contribution in [0.2, 0.25) is 0 Å². The molecule has 0 aromatic heterocycles. The molecule has 1 aliphatic heterocycles. The van der Waals surface area contributed by atoms with Crippen molar-refractivity contribution in [1.29, 1.82) is 0 Å². The van der Waals surface area contributed by atoms with Crippen LogP contribution >= 0.6 is 0 Å². The first-order chi connectivity index (χ1) is 13.3. The van der Waals surface area contributed by atoms with Crippen LogP contribution in [0.25, 0.3) is 0 Å². The van der Waals surface area contributed by atoms with Gasteiger partial charge in [0, 0.05) is 44.3 Å². The van der Waals surface area contributed by atoms with E-state index in [1.807, 2.05) is 38.1 Å². The summed E-state index contributed by atoms with van der Waals surface area (Å²) in [5, 5.41) is 2.61. The first-order valence-electron chi connectivity index (χ1n) is 10.1. The van der Waals surface area contributed by atoms with E-state index >= 15 is 0 Å². The molecule has 1 heterocycles. The number of hydrogen-bond acceptors (Lipinski definition) is 4. The van der Waals surface area contributed by atoms with Crippen LogP contribution in [0, 0.1) is 0 Å². The van der Waals surface area contributed by atoms with Gasteiger partial charge in [0.15, 0.2) is 0 Å². The quantitative estimate of drug-likeness (QED) is 0.747. The second-order valence-electron chi connectivity index (χ2n) is 7.37. The summed E-state index contributed by atoms with van der Waals surface area (Å²) in [4.78, 5) is 42.3. The van der Waals surface area contributed by atoms with Crippen LogP contribution in [0.1, 0.15) is 43.6 Å². The van der Waals surface area contributed by atoms with Crippen molar-refractivity contribution in [1.82, 2.24) is 20.0 Å². The fraction of sp³-hybridized carbons (Fsp3) is 0.571.